The van der Waals surface area contributed by atoms with Crippen LogP contribution in [0.3, 0.4) is 0 Å². The first-order valence-corrected chi connectivity index (χ1v) is 5.70. The molecule has 0 saturated heterocycles. The van der Waals surface area contributed by atoms with Crippen LogP contribution in [-0.2, 0) is 10.0 Å². The van der Waals surface area contributed by atoms with E-state index in [-0.39, 0.29) is 23.6 Å². The third-order valence-corrected chi connectivity index (χ3v) is 3.22. The predicted octanol–water partition coefficient (Wildman–Crippen LogP) is -0.171. The number of rotatable bonds is 4. The van der Waals surface area contributed by atoms with Gasteiger partial charge in [-0.25, -0.2) is 13.1 Å². The Morgan fingerprint density at radius 2 is 2.07 bits per heavy atom. The molecule has 2 N–H and O–H groups in total. The Morgan fingerprint density at radius 1 is 1.40 bits per heavy atom. The monoisotopic (exact) mass is 226 g/mol. The number of hydrogen-bond donors (Lipinski definition) is 2. The molecule has 0 aliphatic carbocycles. The number of sulfonamides is 1. The van der Waals surface area contributed by atoms with Crippen LogP contribution in [-0.4, -0.2) is 26.7 Å². The Balaban J connectivity index is 3.11. The molecule has 0 radical (unpaired) electrons. The minimum Gasteiger partial charge on any atom is -0.395 e. The van der Waals surface area contributed by atoms with Crippen molar-refractivity contribution in [3.8, 4) is 6.07 Å². The molecule has 0 unspecified atom stereocenters. The fourth-order valence-corrected chi connectivity index (χ4v) is 2.23. The Labute approximate surface area is 88.0 Å². The van der Waals surface area contributed by atoms with Gasteiger partial charge in [0.2, 0.25) is 10.0 Å². The second-order valence-corrected chi connectivity index (χ2v) is 4.46. The van der Waals surface area contributed by atoms with Gasteiger partial charge in [-0.3, -0.25) is 0 Å². The number of hydrogen-bond acceptors (Lipinski definition) is 4. The van der Waals surface area contributed by atoms with E-state index in [1.54, 1.807) is 12.1 Å². The average molecular weight is 226 g/mol. The van der Waals surface area contributed by atoms with Crippen molar-refractivity contribution in [3.05, 3.63) is 29.8 Å². The minimum atomic E-state index is -3.70. The first-order chi connectivity index (χ1) is 7.11. The van der Waals surface area contributed by atoms with Crippen LogP contribution in [0.15, 0.2) is 29.2 Å². The largest absolute Gasteiger partial charge is 0.395 e. The van der Waals surface area contributed by atoms with Crippen LogP contribution in [0.5, 0.6) is 0 Å². The summed E-state index contributed by atoms with van der Waals surface area (Å²) in [5.41, 5.74) is 0.0861. The van der Waals surface area contributed by atoms with E-state index in [0.29, 0.717) is 0 Å². The molecule has 0 spiro atoms. The van der Waals surface area contributed by atoms with Crippen molar-refractivity contribution in [2.45, 2.75) is 4.90 Å². The van der Waals surface area contributed by atoms with Crippen LogP contribution < -0.4 is 4.72 Å². The zero-order valence-corrected chi connectivity index (χ0v) is 8.66. The molecular weight excluding hydrogens is 216 g/mol. The highest BCUT2D eigenvalue weighted by atomic mass is 32.2. The average Bonchev–Trinajstić information content (AvgIpc) is 2.26. The van der Waals surface area contributed by atoms with Gasteiger partial charge >= 0.3 is 0 Å². The van der Waals surface area contributed by atoms with Gasteiger partial charge in [0.15, 0.2) is 0 Å². The van der Waals surface area contributed by atoms with E-state index in [2.05, 4.69) is 4.72 Å². The number of benzene rings is 1. The van der Waals surface area contributed by atoms with E-state index in [9.17, 15) is 8.42 Å². The second kappa shape index (κ2) is 4.89. The molecule has 1 aromatic rings. The fraction of sp³-hybridized carbons (Fsp3) is 0.222. The lowest BCUT2D eigenvalue weighted by molar-refractivity contribution is 0.301. The van der Waals surface area contributed by atoms with E-state index in [4.69, 9.17) is 10.4 Å². The first kappa shape index (κ1) is 11.7. The molecule has 0 bridgehead atoms. The molecule has 0 aliphatic heterocycles. The SMILES string of the molecule is N#Cc1ccccc1S(=O)(=O)NCCO. The molecule has 0 heterocycles. The summed E-state index contributed by atoms with van der Waals surface area (Å²) in [5, 5.41) is 17.2. The summed E-state index contributed by atoms with van der Waals surface area (Å²) in [4.78, 5) is -0.0686. The van der Waals surface area contributed by atoms with Crippen molar-refractivity contribution in [1.29, 1.82) is 5.26 Å². The quantitative estimate of drug-likeness (QED) is 0.745. The summed E-state index contributed by atoms with van der Waals surface area (Å²) in [6, 6.07) is 7.69. The van der Waals surface area contributed by atoms with E-state index in [1.807, 2.05) is 0 Å². The lowest BCUT2D eigenvalue weighted by atomic mass is 10.2. The highest BCUT2D eigenvalue weighted by molar-refractivity contribution is 7.89. The second-order valence-electron chi connectivity index (χ2n) is 2.73. The third kappa shape index (κ3) is 2.76. The van der Waals surface area contributed by atoms with Crippen molar-refractivity contribution >= 4 is 10.0 Å². The van der Waals surface area contributed by atoms with Crippen LogP contribution in [0, 0.1) is 11.3 Å². The van der Waals surface area contributed by atoms with Crippen molar-refractivity contribution in [2.24, 2.45) is 0 Å². The Kier molecular flexibility index (Phi) is 3.80. The normalized spacial score (nSPS) is 10.9. The summed E-state index contributed by atoms with van der Waals surface area (Å²) >= 11 is 0. The lowest BCUT2D eigenvalue weighted by Crippen LogP contribution is -2.27. The molecule has 0 aromatic heterocycles. The van der Waals surface area contributed by atoms with Crippen molar-refractivity contribution in [1.82, 2.24) is 4.72 Å². The van der Waals surface area contributed by atoms with Gasteiger partial charge < -0.3 is 5.11 Å². The zero-order valence-electron chi connectivity index (χ0n) is 7.84. The number of nitrogens with zero attached hydrogens (tertiary/aromatic N) is 1. The topological polar surface area (TPSA) is 90.2 Å². The van der Waals surface area contributed by atoms with Crippen molar-refractivity contribution in [3.63, 3.8) is 0 Å². The van der Waals surface area contributed by atoms with Gasteiger partial charge in [-0.2, -0.15) is 5.26 Å². The highest BCUT2D eigenvalue weighted by Gasteiger charge is 2.16. The van der Waals surface area contributed by atoms with Gasteiger partial charge in [-0.05, 0) is 12.1 Å². The molecule has 0 saturated carbocycles. The molecule has 1 rings (SSSR count). The van der Waals surface area contributed by atoms with Crippen molar-refractivity contribution in [2.75, 3.05) is 13.2 Å². The van der Waals surface area contributed by atoms with E-state index in [0.717, 1.165) is 0 Å². The van der Waals surface area contributed by atoms with E-state index in [1.165, 1.54) is 18.2 Å². The predicted molar refractivity (Wildman–Crippen MR) is 53.4 cm³/mol. The first-order valence-electron chi connectivity index (χ1n) is 4.21. The molecule has 0 aliphatic rings. The number of aliphatic hydroxyl groups is 1. The van der Waals surface area contributed by atoms with E-state index < -0.39 is 10.0 Å². The maximum Gasteiger partial charge on any atom is 0.241 e. The van der Waals surface area contributed by atoms with Gasteiger partial charge in [0.05, 0.1) is 17.1 Å². The van der Waals surface area contributed by atoms with Crippen LogP contribution in [0.1, 0.15) is 5.56 Å². The molecule has 0 atom stereocenters. The fourth-order valence-electron chi connectivity index (χ4n) is 1.05. The van der Waals surface area contributed by atoms with Gasteiger partial charge in [0.1, 0.15) is 6.07 Å². The molecule has 6 heteroatoms. The highest BCUT2D eigenvalue weighted by Crippen LogP contribution is 2.13. The van der Waals surface area contributed by atoms with Gasteiger partial charge in [-0.1, -0.05) is 12.1 Å². The maximum absolute atomic E-state index is 11.6. The summed E-state index contributed by atoms with van der Waals surface area (Å²) in [5.74, 6) is 0. The Hall–Kier alpha value is -1.42. The summed E-state index contributed by atoms with van der Waals surface area (Å²) in [6.45, 7) is -0.351. The Morgan fingerprint density at radius 3 is 2.67 bits per heavy atom. The Bertz CT molecular complexity index is 476. The molecule has 0 fully saturated rings. The third-order valence-electron chi connectivity index (χ3n) is 1.70. The maximum atomic E-state index is 11.6. The molecule has 0 amide bonds. The van der Waals surface area contributed by atoms with Crippen LogP contribution in [0.4, 0.5) is 0 Å². The molecule has 5 nitrogen and oxygen atoms in total. The van der Waals surface area contributed by atoms with Crippen LogP contribution >= 0.6 is 0 Å². The van der Waals surface area contributed by atoms with Crippen molar-refractivity contribution < 1.29 is 13.5 Å². The van der Waals surface area contributed by atoms with Crippen LogP contribution in [0.2, 0.25) is 0 Å². The van der Waals surface area contributed by atoms with Gasteiger partial charge in [0.25, 0.3) is 0 Å². The van der Waals surface area contributed by atoms with Gasteiger partial charge in [0, 0.05) is 6.54 Å². The number of nitriles is 1. The standard InChI is InChI=1S/C9H10N2O3S/c10-7-8-3-1-2-4-9(8)15(13,14)11-5-6-12/h1-4,11-12H,5-6H2. The number of aliphatic hydroxyl groups excluding tert-OH is 1. The summed E-state index contributed by atoms with van der Waals surface area (Å²) < 4.78 is 25.4. The molecule has 15 heavy (non-hydrogen) atoms. The smallest absolute Gasteiger partial charge is 0.241 e. The number of nitrogens with one attached hydrogen (secondary N) is 1. The lowest BCUT2D eigenvalue weighted by Gasteiger charge is -2.06. The summed E-state index contributed by atoms with van der Waals surface area (Å²) in [7, 11) is -3.70. The molecule has 80 valence electrons. The zero-order chi connectivity index (χ0) is 11.3. The van der Waals surface area contributed by atoms with Gasteiger partial charge in [-0.15, -0.1) is 0 Å². The molecule has 1 aromatic carbocycles. The minimum absolute atomic E-state index is 0.0674. The van der Waals surface area contributed by atoms with E-state index >= 15 is 0 Å². The molecular formula is C9H10N2O3S. The summed E-state index contributed by atoms with van der Waals surface area (Å²) in [6.07, 6.45) is 0. The van der Waals surface area contributed by atoms with Crippen LogP contribution in [0.25, 0.3) is 0 Å².